The minimum absolute atomic E-state index is 0.0757. The highest BCUT2D eigenvalue weighted by atomic mass is 16.4. The number of imidazole rings is 1. The zero-order valence-corrected chi connectivity index (χ0v) is 7.21. The highest BCUT2D eigenvalue weighted by Gasteiger charge is 2.05. The van der Waals surface area contributed by atoms with Crippen molar-refractivity contribution in [3.05, 3.63) is 30.4 Å². The van der Waals surface area contributed by atoms with Gasteiger partial charge in [-0.15, -0.1) is 0 Å². The van der Waals surface area contributed by atoms with Crippen LogP contribution in [0.3, 0.4) is 0 Å². The lowest BCUT2D eigenvalue weighted by atomic mass is 10.3. The van der Waals surface area contributed by atoms with Crippen LogP contribution in [0.1, 0.15) is 5.69 Å². The van der Waals surface area contributed by atoms with E-state index in [9.17, 15) is 4.79 Å². The Kier molecular flexibility index (Phi) is 2.02. The van der Waals surface area contributed by atoms with E-state index < -0.39 is 5.97 Å². The van der Waals surface area contributed by atoms with Gasteiger partial charge in [0.1, 0.15) is 0 Å². The van der Waals surface area contributed by atoms with Crippen molar-refractivity contribution < 1.29 is 9.90 Å². The Balaban J connectivity index is 2.22. The van der Waals surface area contributed by atoms with E-state index in [1.807, 2.05) is 0 Å². The van der Waals surface area contributed by atoms with Crippen LogP contribution < -0.4 is 0 Å². The first-order valence-electron chi connectivity index (χ1n) is 4.02. The van der Waals surface area contributed by atoms with Crippen LogP contribution in [0.15, 0.2) is 24.7 Å². The third-order valence-electron chi connectivity index (χ3n) is 1.68. The molecule has 2 aromatic heterocycles. The summed E-state index contributed by atoms with van der Waals surface area (Å²) in [6, 6.07) is 1.65. The molecule has 6 heteroatoms. The number of aliphatic carboxylic acids is 1. The van der Waals surface area contributed by atoms with E-state index in [-0.39, 0.29) is 6.42 Å². The molecule has 0 unspecified atom stereocenters. The second-order valence-electron chi connectivity index (χ2n) is 2.73. The Morgan fingerprint density at radius 1 is 1.64 bits per heavy atom. The van der Waals surface area contributed by atoms with Crippen molar-refractivity contribution in [2.45, 2.75) is 6.42 Å². The summed E-state index contributed by atoms with van der Waals surface area (Å²) in [6.45, 7) is 0. The molecular formula is C8H8N4O2. The summed E-state index contributed by atoms with van der Waals surface area (Å²) in [6.07, 6.45) is 4.87. The fraction of sp³-hybridized carbons (Fsp3) is 0.125. The number of carboxylic acids is 1. The Hall–Kier alpha value is -2.11. The van der Waals surface area contributed by atoms with Crippen molar-refractivity contribution in [3.63, 3.8) is 0 Å². The Labute approximate surface area is 79.2 Å². The van der Waals surface area contributed by atoms with E-state index in [1.54, 1.807) is 24.7 Å². The summed E-state index contributed by atoms with van der Waals surface area (Å²) in [5.74, 6) is -0.323. The number of rotatable bonds is 3. The molecule has 0 atom stereocenters. The van der Waals surface area contributed by atoms with Gasteiger partial charge in [0.05, 0.1) is 12.1 Å². The number of aromatic nitrogens is 4. The Bertz CT molecular complexity index is 432. The third kappa shape index (κ3) is 1.63. The molecule has 0 aromatic carbocycles. The predicted octanol–water partition coefficient (Wildman–Crippen LogP) is 0.222. The highest BCUT2D eigenvalue weighted by Crippen LogP contribution is 2.01. The first-order valence-corrected chi connectivity index (χ1v) is 4.02. The molecule has 0 spiro atoms. The number of carbonyl (C=O) groups is 1. The van der Waals surface area contributed by atoms with Crippen LogP contribution in [-0.2, 0) is 11.2 Å². The monoisotopic (exact) mass is 192 g/mol. The molecule has 0 radical (unpaired) electrons. The number of carboxylic acid groups (broad SMARTS) is 1. The fourth-order valence-electron chi connectivity index (χ4n) is 1.11. The second-order valence-corrected chi connectivity index (χ2v) is 2.73. The van der Waals surface area contributed by atoms with E-state index in [4.69, 9.17) is 5.11 Å². The predicted molar refractivity (Wildman–Crippen MR) is 47.0 cm³/mol. The van der Waals surface area contributed by atoms with Gasteiger partial charge in [0.2, 0.25) is 5.95 Å². The van der Waals surface area contributed by atoms with Crippen molar-refractivity contribution in [1.82, 2.24) is 19.7 Å². The molecule has 0 amide bonds. The van der Waals surface area contributed by atoms with Gasteiger partial charge in [-0.3, -0.25) is 4.79 Å². The number of nitrogens with zero attached hydrogens (tertiary/aromatic N) is 3. The number of hydrogen-bond donors (Lipinski definition) is 2. The van der Waals surface area contributed by atoms with Crippen molar-refractivity contribution in [1.29, 1.82) is 0 Å². The lowest BCUT2D eigenvalue weighted by Crippen LogP contribution is -2.03. The quantitative estimate of drug-likeness (QED) is 0.728. The lowest BCUT2D eigenvalue weighted by Gasteiger charge is -1.93. The maximum absolute atomic E-state index is 10.4. The van der Waals surface area contributed by atoms with Crippen LogP contribution >= 0.6 is 0 Å². The van der Waals surface area contributed by atoms with Crippen LogP contribution in [0.5, 0.6) is 0 Å². The molecule has 2 N–H and O–H groups in total. The molecule has 72 valence electrons. The molecule has 2 rings (SSSR count). The van der Waals surface area contributed by atoms with Gasteiger partial charge in [-0.2, -0.15) is 5.10 Å². The van der Waals surface area contributed by atoms with E-state index >= 15 is 0 Å². The zero-order valence-electron chi connectivity index (χ0n) is 7.21. The van der Waals surface area contributed by atoms with Gasteiger partial charge < -0.3 is 10.1 Å². The van der Waals surface area contributed by atoms with Crippen molar-refractivity contribution >= 4 is 5.97 Å². The lowest BCUT2D eigenvalue weighted by molar-refractivity contribution is -0.136. The summed E-state index contributed by atoms with van der Waals surface area (Å²) < 4.78 is 1.50. The van der Waals surface area contributed by atoms with Gasteiger partial charge in [0.15, 0.2) is 0 Å². The molecule has 0 aliphatic rings. The molecule has 6 nitrogen and oxygen atoms in total. The van der Waals surface area contributed by atoms with Gasteiger partial charge in [-0.05, 0) is 6.07 Å². The van der Waals surface area contributed by atoms with E-state index in [2.05, 4.69) is 15.1 Å². The Morgan fingerprint density at radius 3 is 3.14 bits per heavy atom. The van der Waals surface area contributed by atoms with Gasteiger partial charge in [0, 0.05) is 18.6 Å². The van der Waals surface area contributed by atoms with Crippen LogP contribution in [0.4, 0.5) is 0 Å². The third-order valence-corrected chi connectivity index (χ3v) is 1.68. The maximum atomic E-state index is 10.4. The summed E-state index contributed by atoms with van der Waals surface area (Å²) in [7, 11) is 0. The largest absolute Gasteiger partial charge is 0.481 e. The van der Waals surface area contributed by atoms with Crippen molar-refractivity contribution in [2.75, 3.05) is 0 Å². The molecule has 0 bridgehead atoms. The summed E-state index contributed by atoms with van der Waals surface area (Å²) in [4.78, 5) is 17.2. The van der Waals surface area contributed by atoms with Gasteiger partial charge in [-0.1, -0.05) is 0 Å². The zero-order chi connectivity index (χ0) is 9.97. The van der Waals surface area contributed by atoms with Gasteiger partial charge >= 0.3 is 5.97 Å². The average molecular weight is 192 g/mol. The second kappa shape index (κ2) is 3.33. The molecule has 0 fully saturated rings. The molecule has 0 saturated carbocycles. The van der Waals surface area contributed by atoms with E-state index in [0.29, 0.717) is 11.6 Å². The van der Waals surface area contributed by atoms with E-state index in [1.165, 1.54) is 4.68 Å². The first-order chi connectivity index (χ1) is 6.75. The SMILES string of the molecule is O=C(O)Cc1ccn(-c2ncc[nH]2)n1. The number of aromatic amines is 1. The maximum Gasteiger partial charge on any atom is 0.309 e. The van der Waals surface area contributed by atoms with Crippen molar-refractivity contribution in [3.8, 4) is 5.95 Å². The molecule has 14 heavy (non-hydrogen) atoms. The van der Waals surface area contributed by atoms with Gasteiger partial charge in [-0.25, -0.2) is 9.67 Å². The molecule has 2 heterocycles. The summed E-state index contributed by atoms with van der Waals surface area (Å²) in [5, 5.41) is 12.6. The number of nitrogens with one attached hydrogen (secondary N) is 1. The number of hydrogen-bond acceptors (Lipinski definition) is 3. The summed E-state index contributed by atoms with van der Waals surface area (Å²) in [5.41, 5.74) is 0.508. The molecule has 2 aromatic rings. The minimum atomic E-state index is -0.894. The summed E-state index contributed by atoms with van der Waals surface area (Å²) >= 11 is 0. The molecule has 0 saturated heterocycles. The standard InChI is InChI=1S/C8H8N4O2/c13-7(14)5-6-1-4-12(11-6)8-9-2-3-10-8/h1-4H,5H2,(H,9,10)(H,13,14). The average Bonchev–Trinajstić information content (AvgIpc) is 2.69. The topological polar surface area (TPSA) is 83.8 Å². The van der Waals surface area contributed by atoms with Crippen LogP contribution in [-0.4, -0.2) is 30.8 Å². The van der Waals surface area contributed by atoms with E-state index in [0.717, 1.165) is 0 Å². The smallest absolute Gasteiger partial charge is 0.309 e. The normalized spacial score (nSPS) is 10.3. The number of H-pyrrole nitrogens is 1. The van der Waals surface area contributed by atoms with Crippen molar-refractivity contribution in [2.24, 2.45) is 0 Å². The molecule has 0 aliphatic carbocycles. The highest BCUT2D eigenvalue weighted by molar-refractivity contribution is 5.69. The van der Waals surface area contributed by atoms with Gasteiger partial charge in [0.25, 0.3) is 0 Å². The minimum Gasteiger partial charge on any atom is -0.481 e. The molecular weight excluding hydrogens is 184 g/mol. The Morgan fingerprint density at radius 2 is 2.50 bits per heavy atom. The van der Waals surface area contributed by atoms with Crippen LogP contribution in [0.25, 0.3) is 5.95 Å². The van der Waals surface area contributed by atoms with Crippen LogP contribution in [0, 0.1) is 0 Å². The van der Waals surface area contributed by atoms with Crippen LogP contribution in [0.2, 0.25) is 0 Å². The molecule has 0 aliphatic heterocycles. The first kappa shape index (κ1) is 8.49. The fourth-order valence-corrected chi connectivity index (χ4v) is 1.11.